The summed E-state index contributed by atoms with van der Waals surface area (Å²) in [6.45, 7) is 8.65. The summed E-state index contributed by atoms with van der Waals surface area (Å²) < 4.78 is 14.5. The molecule has 4 N–H and O–H groups in total. The molecule has 314 valence electrons. The normalized spacial score (nSPS) is 17.7. The summed E-state index contributed by atoms with van der Waals surface area (Å²) >= 11 is 0. The summed E-state index contributed by atoms with van der Waals surface area (Å²) in [6.07, 6.45) is 3.30. The standard InChI is InChI=1S/C42H53N9O8/c1-24(2)34(47-40(54)57-5)38(52)50-18-8-9-32(50)36-43-21-30(45-36)28-14-10-26(11-15-28)27-12-16-29(17-13-27)31-22-44-37(46-31)33-23-49(42(56)59-7)19-20-51(33)39(53)35(25(3)4)48-41(55)58-6/h10-17,21-22,24-25,32-35H,8-9,18-20,23H2,1-7H3,(H,43,45)(H,44,46)(H,47,54)(H,48,55)/t32-,33-,34-,35-/m0/s1. The van der Waals surface area contributed by atoms with Crippen LogP contribution in [-0.4, -0.2) is 124 Å². The van der Waals surface area contributed by atoms with Crippen molar-refractivity contribution in [3.05, 3.63) is 72.6 Å². The largest absolute Gasteiger partial charge is 0.453 e. The van der Waals surface area contributed by atoms with Crippen LogP contribution in [0, 0.1) is 11.8 Å². The fourth-order valence-corrected chi connectivity index (χ4v) is 7.63. The van der Waals surface area contributed by atoms with Crippen molar-refractivity contribution in [1.29, 1.82) is 0 Å². The topological polar surface area (TPSA) is 204 Å². The van der Waals surface area contributed by atoms with E-state index in [-0.39, 0.29) is 49.3 Å². The van der Waals surface area contributed by atoms with Gasteiger partial charge in [-0.25, -0.2) is 24.4 Å². The molecular weight excluding hydrogens is 759 g/mol. The van der Waals surface area contributed by atoms with E-state index in [4.69, 9.17) is 19.2 Å². The van der Waals surface area contributed by atoms with E-state index >= 15 is 0 Å². The summed E-state index contributed by atoms with van der Waals surface area (Å²) in [5.41, 5.74) is 5.29. The number of alkyl carbamates (subject to hydrolysis) is 2. The third kappa shape index (κ3) is 9.34. The SMILES string of the molecule is COC(=O)N[C@H](C(=O)N1CCN(C(=O)OC)C[C@H]1c1nc(-c2ccc(-c3ccc(-c4cnc([C@@H]5CCCN5C(=O)[C@@H](NC(=O)OC)C(C)C)[nH]4)cc3)cc2)c[nH]1)C(C)C. The van der Waals surface area contributed by atoms with Crippen molar-refractivity contribution in [2.45, 2.75) is 64.7 Å². The van der Waals surface area contributed by atoms with E-state index in [2.05, 4.69) is 25.6 Å². The average molecular weight is 812 g/mol. The monoisotopic (exact) mass is 811 g/mol. The number of rotatable bonds is 11. The lowest BCUT2D eigenvalue weighted by Crippen LogP contribution is -2.58. The molecule has 0 aliphatic carbocycles. The zero-order valence-electron chi connectivity index (χ0n) is 34.5. The maximum Gasteiger partial charge on any atom is 0.409 e. The van der Waals surface area contributed by atoms with Crippen molar-refractivity contribution in [1.82, 2.24) is 45.3 Å². The molecule has 0 saturated carbocycles. The number of carbonyl (C=O) groups is 5. The molecule has 0 spiro atoms. The number of imidazole rings is 2. The van der Waals surface area contributed by atoms with Crippen LogP contribution < -0.4 is 10.6 Å². The van der Waals surface area contributed by atoms with Gasteiger partial charge in [0.25, 0.3) is 0 Å². The molecule has 4 aromatic rings. The van der Waals surface area contributed by atoms with Crippen LogP contribution in [0.4, 0.5) is 14.4 Å². The lowest BCUT2D eigenvalue weighted by atomic mass is 10.0. The second-order valence-corrected chi connectivity index (χ2v) is 15.4. The van der Waals surface area contributed by atoms with Crippen LogP contribution in [0.15, 0.2) is 60.9 Å². The van der Waals surface area contributed by atoms with Crippen LogP contribution in [0.3, 0.4) is 0 Å². The molecule has 2 aliphatic rings. The second kappa shape index (κ2) is 18.5. The van der Waals surface area contributed by atoms with Crippen molar-refractivity contribution in [3.8, 4) is 33.6 Å². The molecule has 0 unspecified atom stereocenters. The van der Waals surface area contributed by atoms with Crippen LogP contribution in [0.2, 0.25) is 0 Å². The molecule has 2 fully saturated rings. The van der Waals surface area contributed by atoms with Gasteiger partial charge in [-0.1, -0.05) is 76.2 Å². The quantitative estimate of drug-likeness (QED) is 0.140. The second-order valence-electron chi connectivity index (χ2n) is 15.4. The van der Waals surface area contributed by atoms with Gasteiger partial charge < -0.3 is 49.5 Å². The highest BCUT2D eigenvalue weighted by atomic mass is 16.5. The average Bonchev–Trinajstić information content (AvgIpc) is 4.06. The van der Waals surface area contributed by atoms with E-state index < -0.39 is 36.4 Å². The summed E-state index contributed by atoms with van der Waals surface area (Å²) in [6, 6.07) is 13.7. The van der Waals surface area contributed by atoms with Crippen molar-refractivity contribution in [2.24, 2.45) is 11.8 Å². The van der Waals surface area contributed by atoms with Crippen molar-refractivity contribution in [3.63, 3.8) is 0 Å². The third-order valence-corrected chi connectivity index (χ3v) is 10.9. The number of aromatic amines is 2. The van der Waals surface area contributed by atoms with E-state index in [1.54, 1.807) is 22.2 Å². The van der Waals surface area contributed by atoms with Gasteiger partial charge in [-0.3, -0.25) is 9.59 Å². The number of hydrogen-bond donors (Lipinski definition) is 4. The van der Waals surface area contributed by atoms with Gasteiger partial charge in [-0.15, -0.1) is 0 Å². The molecule has 17 nitrogen and oxygen atoms in total. The van der Waals surface area contributed by atoms with Crippen molar-refractivity contribution in [2.75, 3.05) is 47.5 Å². The number of ether oxygens (including phenoxy) is 3. The third-order valence-electron chi connectivity index (χ3n) is 10.9. The minimum absolute atomic E-state index is 0.121. The van der Waals surface area contributed by atoms with Crippen molar-refractivity contribution < 1.29 is 38.2 Å². The van der Waals surface area contributed by atoms with Crippen LogP contribution in [0.5, 0.6) is 0 Å². The van der Waals surface area contributed by atoms with Crippen LogP contribution in [-0.2, 0) is 23.8 Å². The number of hydrogen-bond acceptors (Lipinski definition) is 10. The molecule has 2 aromatic heterocycles. The molecule has 2 aromatic carbocycles. The van der Waals surface area contributed by atoms with Gasteiger partial charge in [-0.2, -0.15) is 0 Å². The molecule has 0 bridgehead atoms. The van der Waals surface area contributed by atoms with Gasteiger partial charge in [0.1, 0.15) is 29.8 Å². The van der Waals surface area contributed by atoms with Gasteiger partial charge in [0, 0.05) is 31.4 Å². The van der Waals surface area contributed by atoms with E-state index in [1.165, 1.54) is 26.2 Å². The molecule has 4 atom stereocenters. The van der Waals surface area contributed by atoms with Crippen molar-refractivity contribution >= 4 is 30.1 Å². The number of methoxy groups -OCH3 is 3. The maximum atomic E-state index is 13.9. The highest BCUT2D eigenvalue weighted by Crippen LogP contribution is 2.34. The summed E-state index contributed by atoms with van der Waals surface area (Å²) in [7, 11) is 3.84. The van der Waals surface area contributed by atoms with E-state index in [1.807, 2.05) is 76.2 Å². The number of nitrogens with zero attached hydrogens (tertiary/aromatic N) is 5. The zero-order valence-corrected chi connectivity index (χ0v) is 34.5. The molecule has 4 heterocycles. The lowest BCUT2D eigenvalue weighted by molar-refractivity contribution is -0.139. The Labute approximate surface area is 343 Å². The van der Waals surface area contributed by atoms with Gasteiger partial charge in [0.05, 0.1) is 51.5 Å². The minimum Gasteiger partial charge on any atom is -0.453 e. The maximum absolute atomic E-state index is 13.9. The smallest absolute Gasteiger partial charge is 0.409 e. The Kier molecular flexibility index (Phi) is 13.2. The summed E-state index contributed by atoms with van der Waals surface area (Å²) in [4.78, 5) is 85.2. The Morgan fingerprint density at radius 2 is 1.24 bits per heavy atom. The lowest BCUT2D eigenvalue weighted by Gasteiger charge is -2.41. The molecule has 0 radical (unpaired) electrons. The number of aromatic nitrogens is 4. The Morgan fingerprint density at radius 3 is 1.78 bits per heavy atom. The Hall–Kier alpha value is -6.39. The molecule has 59 heavy (non-hydrogen) atoms. The van der Waals surface area contributed by atoms with Gasteiger partial charge in [0.2, 0.25) is 11.8 Å². The Balaban J connectivity index is 1.15. The Bertz CT molecular complexity index is 2110. The highest BCUT2D eigenvalue weighted by Gasteiger charge is 2.40. The summed E-state index contributed by atoms with van der Waals surface area (Å²) in [5.74, 6) is 0.382. The van der Waals surface area contributed by atoms with E-state index in [0.717, 1.165) is 40.8 Å². The first-order valence-corrected chi connectivity index (χ1v) is 19.8. The van der Waals surface area contributed by atoms with Crippen LogP contribution in [0.1, 0.15) is 64.3 Å². The van der Waals surface area contributed by atoms with Crippen LogP contribution >= 0.6 is 0 Å². The first-order valence-electron chi connectivity index (χ1n) is 19.8. The number of H-pyrrole nitrogens is 2. The Morgan fingerprint density at radius 1 is 0.695 bits per heavy atom. The first-order chi connectivity index (χ1) is 28.3. The van der Waals surface area contributed by atoms with Gasteiger partial charge in [-0.05, 0) is 41.4 Å². The van der Waals surface area contributed by atoms with E-state index in [0.29, 0.717) is 23.9 Å². The zero-order chi connectivity index (χ0) is 42.4. The molecule has 2 saturated heterocycles. The minimum atomic E-state index is -0.843. The molecular formula is C42H53N9O8. The number of carbonyl (C=O) groups excluding carboxylic acids is 5. The number of nitrogens with one attached hydrogen (secondary N) is 4. The van der Waals surface area contributed by atoms with Crippen LogP contribution in [0.25, 0.3) is 33.6 Å². The van der Waals surface area contributed by atoms with Gasteiger partial charge >= 0.3 is 18.3 Å². The number of likely N-dealkylation sites (tertiary alicyclic amines) is 1. The first kappa shape index (κ1) is 42.2. The molecule has 6 rings (SSSR count). The molecule has 2 aliphatic heterocycles. The number of benzene rings is 2. The fraction of sp³-hybridized carbons (Fsp3) is 0.452. The fourth-order valence-electron chi connectivity index (χ4n) is 7.63. The summed E-state index contributed by atoms with van der Waals surface area (Å²) in [5, 5.41) is 5.34. The predicted molar refractivity (Wildman–Crippen MR) is 217 cm³/mol. The number of piperazine rings is 1. The molecule has 17 heteroatoms. The number of amides is 5. The molecule has 5 amide bonds. The van der Waals surface area contributed by atoms with E-state index in [9.17, 15) is 24.0 Å². The van der Waals surface area contributed by atoms with Gasteiger partial charge in [0.15, 0.2) is 0 Å². The predicted octanol–water partition coefficient (Wildman–Crippen LogP) is 5.51. The highest BCUT2D eigenvalue weighted by molar-refractivity contribution is 5.87.